The smallest absolute Gasteiger partial charge is 0.140 e. The Bertz CT molecular complexity index is 168. The van der Waals surface area contributed by atoms with Gasteiger partial charge < -0.3 is 0 Å². The molecule has 0 N–H and O–H groups in total. The highest BCUT2D eigenvalue weighted by atomic mass is 16.1. The van der Waals surface area contributed by atoms with Crippen molar-refractivity contribution in [1.82, 2.24) is 0 Å². The Morgan fingerprint density at radius 2 is 2.00 bits per heavy atom. The molecule has 0 unspecified atom stereocenters. The lowest BCUT2D eigenvalue weighted by Gasteiger charge is -1.92. The number of carbonyl (C=O) groups is 2. The van der Waals surface area contributed by atoms with Crippen molar-refractivity contribution in [1.29, 1.82) is 0 Å². The molecule has 0 spiro atoms. The zero-order valence-electron chi connectivity index (χ0n) is 7.09. The molecule has 0 aromatic heterocycles. The Balaban J connectivity index is 3.45. The van der Waals surface area contributed by atoms with Crippen LogP contribution in [0, 0.1) is 0 Å². The van der Waals surface area contributed by atoms with Crippen LogP contribution in [0.4, 0.5) is 0 Å². The number of hydrogen-bond acceptors (Lipinski definition) is 2. The Morgan fingerprint density at radius 3 is 2.45 bits per heavy atom. The second-order valence-corrected chi connectivity index (χ2v) is 2.53. The second kappa shape index (κ2) is 5.83. The third-order valence-electron chi connectivity index (χ3n) is 1.27. The maximum Gasteiger partial charge on any atom is 0.140 e. The minimum atomic E-state index is -0.0459. The monoisotopic (exact) mass is 154 g/mol. The molecule has 0 aliphatic rings. The number of hydrogen-bond donors (Lipinski definition) is 0. The average Bonchev–Trinajstić information content (AvgIpc) is 1.86. The molecule has 0 saturated carbocycles. The lowest BCUT2D eigenvalue weighted by atomic mass is 10.1. The molecule has 0 amide bonds. The molecular weight excluding hydrogens is 140 g/mol. The van der Waals surface area contributed by atoms with Gasteiger partial charge in [0.1, 0.15) is 11.6 Å². The summed E-state index contributed by atoms with van der Waals surface area (Å²) >= 11 is 0. The van der Waals surface area contributed by atoms with Gasteiger partial charge in [-0.05, 0) is 20.3 Å². The molecule has 11 heavy (non-hydrogen) atoms. The predicted octanol–water partition coefficient (Wildman–Crippen LogP) is 1.89. The largest absolute Gasteiger partial charge is 0.300 e. The van der Waals surface area contributed by atoms with Gasteiger partial charge in [0.25, 0.3) is 0 Å². The van der Waals surface area contributed by atoms with E-state index in [-0.39, 0.29) is 18.0 Å². The fourth-order valence-electron chi connectivity index (χ4n) is 0.777. The first-order valence-electron chi connectivity index (χ1n) is 3.79. The van der Waals surface area contributed by atoms with Crippen molar-refractivity contribution in [2.45, 2.75) is 33.1 Å². The number of carbonyl (C=O) groups excluding carboxylic acids is 2. The van der Waals surface area contributed by atoms with Gasteiger partial charge in [0, 0.05) is 6.42 Å². The van der Waals surface area contributed by atoms with Gasteiger partial charge in [-0.3, -0.25) is 9.59 Å². The highest BCUT2D eigenvalue weighted by molar-refractivity contribution is 5.97. The molecule has 0 aliphatic carbocycles. The van der Waals surface area contributed by atoms with E-state index in [1.54, 1.807) is 0 Å². The Morgan fingerprint density at radius 1 is 1.36 bits per heavy atom. The summed E-state index contributed by atoms with van der Waals surface area (Å²) in [5, 5.41) is 0. The molecule has 0 bridgehead atoms. The highest BCUT2D eigenvalue weighted by Gasteiger charge is 2.02. The summed E-state index contributed by atoms with van der Waals surface area (Å²) in [5.41, 5.74) is 0. The van der Waals surface area contributed by atoms with Crippen LogP contribution in [0.1, 0.15) is 33.1 Å². The summed E-state index contributed by atoms with van der Waals surface area (Å²) < 4.78 is 0. The molecule has 2 nitrogen and oxygen atoms in total. The van der Waals surface area contributed by atoms with Crippen LogP contribution >= 0.6 is 0 Å². The van der Waals surface area contributed by atoms with Crippen molar-refractivity contribution < 1.29 is 9.59 Å². The minimum Gasteiger partial charge on any atom is -0.300 e. The summed E-state index contributed by atoms with van der Waals surface area (Å²) in [5.74, 6) is -0.00826. The van der Waals surface area contributed by atoms with Crippen LogP contribution in [0.3, 0.4) is 0 Å². The van der Waals surface area contributed by atoms with Gasteiger partial charge in [-0.1, -0.05) is 12.2 Å². The molecule has 0 radical (unpaired) electrons. The van der Waals surface area contributed by atoms with Crippen molar-refractivity contribution >= 4 is 11.6 Å². The van der Waals surface area contributed by atoms with Crippen molar-refractivity contribution in [2.75, 3.05) is 0 Å². The first kappa shape index (κ1) is 10.1. The first-order chi connectivity index (χ1) is 5.16. The Kier molecular flexibility index (Phi) is 5.35. The quantitative estimate of drug-likeness (QED) is 0.447. The molecule has 0 fully saturated rings. The van der Waals surface area contributed by atoms with Gasteiger partial charge in [0.15, 0.2) is 0 Å². The van der Waals surface area contributed by atoms with Gasteiger partial charge in [0.2, 0.25) is 0 Å². The van der Waals surface area contributed by atoms with Gasteiger partial charge >= 0.3 is 0 Å². The van der Waals surface area contributed by atoms with Gasteiger partial charge in [-0.25, -0.2) is 0 Å². The fourth-order valence-corrected chi connectivity index (χ4v) is 0.777. The van der Waals surface area contributed by atoms with Crippen molar-refractivity contribution in [3.63, 3.8) is 0 Å². The Labute approximate surface area is 67.3 Å². The molecule has 0 saturated heterocycles. The first-order valence-corrected chi connectivity index (χ1v) is 3.79. The standard InChI is InChI=1S/C9H14O2/c1-3-4-5-6-9(11)7-8(2)10/h3-4H,5-7H2,1-2H3. The van der Waals surface area contributed by atoms with Gasteiger partial charge in [0.05, 0.1) is 6.42 Å². The van der Waals surface area contributed by atoms with E-state index >= 15 is 0 Å². The molecule has 0 heterocycles. The summed E-state index contributed by atoms with van der Waals surface area (Å²) in [6.07, 6.45) is 5.17. The van der Waals surface area contributed by atoms with Crippen molar-refractivity contribution in [2.24, 2.45) is 0 Å². The normalized spacial score (nSPS) is 10.4. The van der Waals surface area contributed by atoms with Crippen LogP contribution in [0.5, 0.6) is 0 Å². The molecule has 62 valence electrons. The zero-order chi connectivity index (χ0) is 8.69. The molecule has 0 aliphatic heterocycles. The number of rotatable bonds is 5. The fraction of sp³-hybridized carbons (Fsp3) is 0.556. The third kappa shape index (κ3) is 6.97. The SMILES string of the molecule is CC=CCCC(=O)CC(C)=O. The van der Waals surface area contributed by atoms with Crippen molar-refractivity contribution in [3.8, 4) is 0 Å². The highest BCUT2D eigenvalue weighted by Crippen LogP contribution is 1.96. The Hall–Kier alpha value is -0.920. The molecule has 0 atom stereocenters. The van der Waals surface area contributed by atoms with E-state index in [1.807, 2.05) is 19.1 Å². The van der Waals surface area contributed by atoms with Crippen LogP contribution in [0.2, 0.25) is 0 Å². The van der Waals surface area contributed by atoms with E-state index in [1.165, 1.54) is 6.92 Å². The van der Waals surface area contributed by atoms with E-state index in [4.69, 9.17) is 0 Å². The van der Waals surface area contributed by atoms with Crippen LogP contribution < -0.4 is 0 Å². The summed E-state index contributed by atoms with van der Waals surface area (Å²) in [4.78, 5) is 21.3. The van der Waals surface area contributed by atoms with Crippen molar-refractivity contribution in [3.05, 3.63) is 12.2 Å². The van der Waals surface area contributed by atoms with E-state index in [0.29, 0.717) is 6.42 Å². The van der Waals surface area contributed by atoms with Crippen LogP contribution in [0.15, 0.2) is 12.2 Å². The molecular formula is C9H14O2. The molecule has 0 aromatic carbocycles. The lowest BCUT2D eigenvalue weighted by Crippen LogP contribution is -2.03. The summed E-state index contributed by atoms with van der Waals surface area (Å²) in [6.45, 7) is 3.35. The molecule has 0 aromatic rings. The molecule has 2 heteroatoms. The average molecular weight is 154 g/mol. The maximum absolute atomic E-state index is 10.9. The topological polar surface area (TPSA) is 34.1 Å². The summed E-state index contributed by atoms with van der Waals surface area (Å²) in [6, 6.07) is 0. The number of ketones is 2. The zero-order valence-corrected chi connectivity index (χ0v) is 7.09. The van der Waals surface area contributed by atoms with E-state index in [0.717, 1.165) is 6.42 Å². The number of allylic oxidation sites excluding steroid dienone is 2. The number of Topliss-reactive ketones (excluding diaryl/α,β-unsaturated/α-hetero) is 2. The van der Waals surface area contributed by atoms with E-state index < -0.39 is 0 Å². The van der Waals surface area contributed by atoms with E-state index in [9.17, 15) is 9.59 Å². The van der Waals surface area contributed by atoms with Crippen LogP contribution in [0.25, 0.3) is 0 Å². The molecule has 0 rings (SSSR count). The van der Waals surface area contributed by atoms with Crippen LogP contribution in [-0.4, -0.2) is 11.6 Å². The van der Waals surface area contributed by atoms with Gasteiger partial charge in [-0.15, -0.1) is 0 Å². The lowest BCUT2D eigenvalue weighted by molar-refractivity contribution is -0.125. The maximum atomic E-state index is 10.9. The minimum absolute atomic E-state index is 0.0376. The van der Waals surface area contributed by atoms with Gasteiger partial charge in [-0.2, -0.15) is 0 Å². The van der Waals surface area contributed by atoms with Crippen LogP contribution in [-0.2, 0) is 9.59 Å². The van der Waals surface area contributed by atoms with E-state index in [2.05, 4.69) is 0 Å². The summed E-state index contributed by atoms with van der Waals surface area (Å²) in [7, 11) is 0. The third-order valence-corrected chi connectivity index (χ3v) is 1.27. The predicted molar refractivity (Wildman–Crippen MR) is 44.4 cm³/mol. The second-order valence-electron chi connectivity index (χ2n) is 2.53.